The Hall–Kier alpha value is -2.21. The number of fused-ring (bicyclic) bond motifs is 1. The van der Waals surface area contributed by atoms with Crippen LogP contribution in [0.4, 0.5) is 0 Å². The molecule has 1 saturated carbocycles. The Morgan fingerprint density at radius 3 is 2.83 bits per heavy atom. The van der Waals surface area contributed by atoms with Crippen LogP contribution in [0.3, 0.4) is 0 Å². The van der Waals surface area contributed by atoms with Crippen molar-refractivity contribution in [3.8, 4) is 5.69 Å². The van der Waals surface area contributed by atoms with Gasteiger partial charge < -0.3 is 9.64 Å². The van der Waals surface area contributed by atoms with Crippen molar-refractivity contribution in [3.05, 3.63) is 42.0 Å². The number of nitrogens with zero attached hydrogens (tertiary/aromatic N) is 4. The van der Waals surface area contributed by atoms with Gasteiger partial charge in [-0.1, -0.05) is 31.0 Å². The van der Waals surface area contributed by atoms with Crippen molar-refractivity contribution >= 4 is 5.91 Å². The molecular weight excluding hydrogens is 304 g/mol. The lowest BCUT2D eigenvalue weighted by atomic mass is 9.90. The van der Waals surface area contributed by atoms with Gasteiger partial charge in [0, 0.05) is 6.54 Å². The molecule has 0 spiro atoms. The topological polar surface area (TPSA) is 60.3 Å². The first kappa shape index (κ1) is 15.3. The van der Waals surface area contributed by atoms with Crippen molar-refractivity contribution in [3.63, 3.8) is 0 Å². The minimum absolute atomic E-state index is 0.0759. The van der Waals surface area contributed by atoms with Crippen LogP contribution in [0.2, 0.25) is 0 Å². The van der Waals surface area contributed by atoms with Crippen LogP contribution < -0.4 is 0 Å². The van der Waals surface area contributed by atoms with Crippen LogP contribution >= 0.6 is 0 Å². The normalized spacial score (nSPS) is 23.8. The minimum Gasteiger partial charge on any atom is -0.374 e. The third-order valence-electron chi connectivity index (χ3n) is 4.95. The van der Waals surface area contributed by atoms with Crippen LogP contribution in [0, 0.1) is 6.92 Å². The number of carbonyl (C=O) groups is 1. The Bertz CT molecular complexity index is 726. The monoisotopic (exact) mass is 326 g/mol. The largest absolute Gasteiger partial charge is 0.374 e. The van der Waals surface area contributed by atoms with Crippen molar-refractivity contribution in [1.82, 2.24) is 19.7 Å². The number of amides is 1. The van der Waals surface area contributed by atoms with Crippen LogP contribution in [0.15, 0.2) is 30.3 Å². The second-order valence-corrected chi connectivity index (χ2v) is 6.49. The number of morpholine rings is 1. The summed E-state index contributed by atoms with van der Waals surface area (Å²) in [7, 11) is 0. The molecular formula is C18H22N4O2. The highest BCUT2D eigenvalue weighted by Crippen LogP contribution is 2.29. The van der Waals surface area contributed by atoms with E-state index in [0.717, 1.165) is 30.8 Å². The van der Waals surface area contributed by atoms with E-state index in [4.69, 9.17) is 4.74 Å². The van der Waals surface area contributed by atoms with Gasteiger partial charge in [-0.05, 0) is 31.9 Å². The van der Waals surface area contributed by atoms with E-state index in [0.29, 0.717) is 13.2 Å². The highest BCUT2D eigenvalue weighted by atomic mass is 16.5. The number of ether oxygens (including phenoxy) is 1. The third-order valence-corrected chi connectivity index (χ3v) is 4.95. The molecule has 2 atom stereocenters. The maximum atomic E-state index is 13.0. The number of aryl methyl sites for hydroxylation is 1. The van der Waals surface area contributed by atoms with Gasteiger partial charge in [0.15, 0.2) is 0 Å². The van der Waals surface area contributed by atoms with Gasteiger partial charge >= 0.3 is 0 Å². The number of aromatic nitrogens is 3. The fraction of sp³-hybridized carbons (Fsp3) is 0.500. The van der Waals surface area contributed by atoms with E-state index >= 15 is 0 Å². The first-order chi connectivity index (χ1) is 11.7. The molecule has 2 heterocycles. The van der Waals surface area contributed by atoms with Gasteiger partial charge in [-0.25, -0.2) is 9.67 Å². The van der Waals surface area contributed by atoms with E-state index in [9.17, 15) is 4.79 Å². The van der Waals surface area contributed by atoms with E-state index < -0.39 is 0 Å². The quantitative estimate of drug-likeness (QED) is 0.850. The molecule has 126 valence electrons. The molecule has 1 aromatic carbocycles. The molecule has 0 N–H and O–H groups in total. The summed E-state index contributed by atoms with van der Waals surface area (Å²) in [6.07, 6.45) is 4.56. The lowest BCUT2D eigenvalue weighted by Crippen LogP contribution is -2.55. The van der Waals surface area contributed by atoms with Gasteiger partial charge in [0.05, 0.1) is 24.4 Å². The first-order valence-corrected chi connectivity index (χ1v) is 8.66. The highest BCUT2D eigenvalue weighted by Gasteiger charge is 2.38. The summed E-state index contributed by atoms with van der Waals surface area (Å²) in [6.45, 7) is 3.10. The average Bonchev–Trinajstić information content (AvgIpc) is 3.03. The summed E-state index contributed by atoms with van der Waals surface area (Å²) in [5.41, 5.74) is 0.916. The van der Waals surface area contributed by atoms with Gasteiger partial charge in [-0.2, -0.15) is 0 Å². The molecule has 1 aliphatic heterocycles. The molecule has 2 fully saturated rings. The predicted octanol–water partition coefficient (Wildman–Crippen LogP) is 2.36. The van der Waals surface area contributed by atoms with Crippen molar-refractivity contribution in [2.24, 2.45) is 0 Å². The summed E-state index contributed by atoms with van der Waals surface area (Å²) in [6, 6.07) is 9.95. The maximum Gasteiger partial charge on any atom is 0.293 e. The Labute approximate surface area is 141 Å². The van der Waals surface area contributed by atoms with Crippen LogP contribution in [0.1, 0.15) is 42.1 Å². The van der Waals surface area contributed by atoms with Crippen molar-refractivity contribution in [2.45, 2.75) is 44.8 Å². The smallest absolute Gasteiger partial charge is 0.293 e. The standard InChI is InChI=1S/C18H22N4O2/c1-13-19-17(20-22(13)14-7-3-2-4-8-14)18(23)21-11-12-24-16-10-6-5-9-15(16)21/h2-4,7-8,15-16H,5-6,9-12H2,1H3/t15-,16-/m1/s1. The van der Waals surface area contributed by atoms with Gasteiger partial charge in [0.25, 0.3) is 5.91 Å². The molecule has 1 aromatic heterocycles. The molecule has 0 bridgehead atoms. The van der Waals surface area contributed by atoms with Gasteiger partial charge in [-0.3, -0.25) is 4.79 Å². The number of benzene rings is 1. The van der Waals surface area contributed by atoms with Gasteiger partial charge in [0.2, 0.25) is 5.82 Å². The first-order valence-electron chi connectivity index (χ1n) is 8.66. The zero-order valence-corrected chi connectivity index (χ0v) is 13.9. The molecule has 2 aliphatic rings. The molecule has 6 heteroatoms. The van der Waals surface area contributed by atoms with Crippen molar-refractivity contribution < 1.29 is 9.53 Å². The summed E-state index contributed by atoms with van der Waals surface area (Å²) in [5, 5.41) is 4.47. The number of hydrogen-bond acceptors (Lipinski definition) is 4. The summed E-state index contributed by atoms with van der Waals surface area (Å²) < 4.78 is 7.58. The third kappa shape index (κ3) is 2.71. The molecule has 0 radical (unpaired) electrons. The molecule has 6 nitrogen and oxygen atoms in total. The summed E-state index contributed by atoms with van der Waals surface area (Å²) >= 11 is 0. The minimum atomic E-state index is -0.0759. The van der Waals surface area contributed by atoms with E-state index in [1.165, 1.54) is 6.42 Å². The Morgan fingerprint density at radius 1 is 1.21 bits per heavy atom. The SMILES string of the molecule is Cc1nc(C(=O)N2CCO[C@@H]3CCCC[C@H]32)nn1-c1ccccc1. The molecule has 1 amide bonds. The van der Waals surface area contributed by atoms with Crippen LogP contribution in [-0.2, 0) is 4.74 Å². The number of carbonyl (C=O) groups excluding carboxylic acids is 1. The molecule has 1 saturated heterocycles. The Morgan fingerprint density at radius 2 is 2.00 bits per heavy atom. The van der Waals surface area contributed by atoms with Crippen molar-refractivity contribution in [1.29, 1.82) is 0 Å². The predicted molar refractivity (Wildman–Crippen MR) is 89.1 cm³/mol. The highest BCUT2D eigenvalue weighted by molar-refractivity contribution is 5.90. The van der Waals surface area contributed by atoms with E-state index in [2.05, 4.69) is 10.1 Å². The van der Waals surface area contributed by atoms with Gasteiger partial charge in [0.1, 0.15) is 5.82 Å². The van der Waals surface area contributed by atoms with Crippen LogP contribution in [0.5, 0.6) is 0 Å². The zero-order chi connectivity index (χ0) is 16.5. The lowest BCUT2D eigenvalue weighted by Gasteiger charge is -2.43. The molecule has 0 unspecified atom stereocenters. The second-order valence-electron chi connectivity index (χ2n) is 6.49. The zero-order valence-electron chi connectivity index (χ0n) is 13.9. The maximum absolute atomic E-state index is 13.0. The van der Waals surface area contributed by atoms with Crippen molar-refractivity contribution in [2.75, 3.05) is 13.2 Å². The fourth-order valence-electron chi connectivity index (χ4n) is 3.77. The second kappa shape index (κ2) is 6.36. The average molecular weight is 326 g/mol. The molecule has 24 heavy (non-hydrogen) atoms. The molecule has 2 aromatic rings. The summed E-state index contributed by atoms with van der Waals surface area (Å²) in [4.78, 5) is 19.3. The number of rotatable bonds is 2. The fourth-order valence-corrected chi connectivity index (χ4v) is 3.77. The number of para-hydroxylation sites is 1. The van der Waals surface area contributed by atoms with E-state index in [1.807, 2.05) is 42.2 Å². The van der Waals surface area contributed by atoms with E-state index in [1.54, 1.807) is 4.68 Å². The van der Waals surface area contributed by atoms with Crippen LogP contribution in [-0.4, -0.2) is 50.9 Å². The molecule has 4 rings (SSSR count). The van der Waals surface area contributed by atoms with E-state index in [-0.39, 0.29) is 23.9 Å². The van der Waals surface area contributed by atoms with Crippen LogP contribution in [0.25, 0.3) is 5.69 Å². The Balaban J connectivity index is 1.60. The van der Waals surface area contributed by atoms with Gasteiger partial charge in [-0.15, -0.1) is 5.10 Å². The lowest BCUT2D eigenvalue weighted by molar-refractivity contribution is -0.0755. The molecule has 1 aliphatic carbocycles. The number of hydrogen-bond donors (Lipinski definition) is 0. The Kier molecular flexibility index (Phi) is 4.06. The summed E-state index contributed by atoms with van der Waals surface area (Å²) in [5.74, 6) is 0.925.